The Kier molecular flexibility index (Phi) is 8.38. The summed E-state index contributed by atoms with van der Waals surface area (Å²) in [6.07, 6.45) is 11.7. The van der Waals surface area contributed by atoms with Gasteiger partial charge in [-0.3, -0.25) is 4.79 Å². The van der Waals surface area contributed by atoms with Gasteiger partial charge in [-0.2, -0.15) is 0 Å². The summed E-state index contributed by atoms with van der Waals surface area (Å²) in [7, 11) is 0. The van der Waals surface area contributed by atoms with E-state index in [4.69, 9.17) is 4.98 Å². The molecule has 1 fully saturated rings. The number of nitrogens with zero attached hydrogens (tertiary/aromatic N) is 3. The zero-order chi connectivity index (χ0) is 29.4. The SMILES string of the molecule is C=C/C(F)=C(\C=C/C)N/C(C)=c1/c(=C\C(=C)c2ccc3c(c2)N(C2CC(CC)C2)C(=O)C3(C)C)ncn1C(C)C. The molecule has 0 saturated heterocycles. The van der Waals surface area contributed by atoms with Crippen LogP contribution in [0, 0.1) is 5.92 Å². The molecule has 1 saturated carbocycles. The maximum absolute atomic E-state index is 14.5. The van der Waals surface area contributed by atoms with Gasteiger partial charge in [-0.1, -0.05) is 44.7 Å². The smallest absolute Gasteiger partial charge is 0.237 e. The van der Waals surface area contributed by atoms with Gasteiger partial charge in [0.15, 0.2) is 0 Å². The number of carbonyl (C=O) groups is 1. The van der Waals surface area contributed by atoms with Crippen LogP contribution in [0.4, 0.5) is 10.1 Å². The van der Waals surface area contributed by atoms with E-state index in [-0.39, 0.29) is 18.0 Å². The Morgan fingerprint density at radius 1 is 1.30 bits per heavy atom. The number of allylic oxidation sites excluding steroid dienone is 5. The van der Waals surface area contributed by atoms with Gasteiger partial charge >= 0.3 is 0 Å². The number of fused-ring (bicyclic) bond motifs is 1. The molecule has 0 spiro atoms. The second kappa shape index (κ2) is 11.4. The van der Waals surface area contributed by atoms with Crippen molar-refractivity contribution in [3.63, 3.8) is 0 Å². The first-order valence-corrected chi connectivity index (χ1v) is 14.3. The van der Waals surface area contributed by atoms with E-state index in [1.54, 1.807) is 18.5 Å². The van der Waals surface area contributed by atoms with E-state index in [0.29, 0.717) is 11.6 Å². The zero-order valence-electron chi connectivity index (χ0n) is 25.0. The molecule has 5 nitrogen and oxygen atoms in total. The molecule has 1 aromatic heterocycles. The van der Waals surface area contributed by atoms with Crippen molar-refractivity contribution in [1.29, 1.82) is 0 Å². The van der Waals surface area contributed by atoms with Crippen LogP contribution in [0.15, 0.2) is 67.4 Å². The highest BCUT2D eigenvalue weighted by atomic mass is 19.1. The Labute approximate surface area is 238 Å². The molecule has 1 amide bonds. The molecule has 40 heavy (non-hydrogen) atoms. The summed E-state index contributed by atoms with van der Waals surface area (Å²) in [6.45, 7) is 22.1. The topological polar surface area (TPSA) is 50.2 Å². The zero-order valence-corrected chi connectivity index (χ0v) is 25.0. The number of rotatable bonds is 9. The van der Waals surface area contributed by atoms with Gasteiger partial charge < -0.3 is 14.8 Å². The van der Waals surface area contributed by atoms with Gasteiger partial charge in [0.25, 0.3) is 0 Å². The molecule has 2 aliphatic rings. The number of halogens is 1. The van der Waals surface area contributed by atoms with Crippen molar-refractivity contribution < 1.29 is 9.18 Å². The highest BCUT2D eigenvalue weighted by Crippen LogP contribution is 2.48. The summed E-state index contributed by atoms with van der Waals surface area (Å²) < 4.78 is 16.6. The lowest BCUT2D eigenvalue weighted by molar-refractivity contribution is -0.123. The van der Waals surface area contributed by atoms with Crippen molar-refractivity contribution in [3.8, 4) is 0 Å². The number of amides is 1. The number of imidazole rings is 1. The Bertz CT molecular complexity index is 1520. The minimum Gasteiger partial charge on any atom is -0.355 e. The molecule has 1 aliphatic carbocycles. The third kappa shape index (κ3) is 5.24. The van der Waals surface area contributed by atoms with Crippen LogP contribution in [-0.4, -0.2) is 21.5 Å². The highest BCUT2D eigenvalue weighted by molar-refractivity contribution is 6.08. The Morgan fingerprint density at radius 2 is 2.00 bits per heavy atom. The van der Waals surface area contributed by atoms with E-state index in [0.717, 1.165) is 58.0 Å². The van der Waals surface area contributed by atoms with Crippen LogP contribution in [-0.2, 0) is 10.2 Å². The average Bonchev–Trinajstić information content (AvgIpc) is 3.40. The van der Waals surface area contributed by atoms with Crippen LogP contribution < -0.4 is 20.9 Å². The molecule has 0 atom stereocenters. The fourth-order valence-corrected chi connectivity index (χ4v) is 5.82. The molecule has 0 bridgehead atoms. The minimum atomic E-state index is -0.546. The van der Waals surface area contributed by atoms with Crippen LogP contribution in [0.3, 0.4) is 0 Å². The summed E-state index contributed by atoms with van der Waals surface area (Å²) in [6, 6.07) is 6.64. The van der Waals surface area contributed by atoms with E-state index in [1.165, 1.54) is 6.08 Å². The van der Waals surface area contributed by atoms with Crippen molar-refractivity contribution in [2.24, 2.45) is 5.92 Å². The first-order valence-electron chi connectivity index (χ1n) is 14.3. The number of carbonyl (C=O) groups excluding carboxylic acids is 1. The van der Waals surface area contributed by atoms with Gasteiger partial charge in [-0.15, -0.1) is 0 Å². The molecule has 0 unspecified atom stereocenters. The molecule has 1 aromatic carbocycles. The molecule has 212 valence electrons. The molecule has 2 heterocycles. The van der Waals surface area contributed by atoms with Crippen molar-refractivity contribution in [3.05, 3.63) is 89.3 Å². The van der Waals surface area contributed by atoms with Crippen LogP contribution in [0.1, 0.15) is 84.9 Å². The summed E-state index contributed by atoms with van der Waals surface area (Å²) in [5.74, 6) is 0.446. The third-order valence-corrected chi connectivity index (χ3v) is 8.34. The Morgan fingerprint density at radius 3 is 2.60 bits per heavy atom. The second-order valence-electron chi connectivity index (χ2n) is 11.8. The van der Waals surface area contributed by atoms with Crippen LogP contribution in [0.5, 0.6) is 0 Å². The predicted octanol–water partition coefficient (Wildman–Crippen LogP) is 6.43. The molecular formula is C34H43FN4O. The van der Waals surface area contributed by atoms with Crippen LogP contribution in [0.25, 0.3) is 17.3 Å². The lowest BCUT2D eigenvalue weighted by atomic mass is 9.77. The maximum Gasteiger partial charge on any atom is 0.237 e. The quantitative estimate of drug-likeness (QED) is 0.372. The number of benzene rings is 1. The summed E-state index contributed by atoms with van der Waals surface area (Å²) >= 11 is 0. The van der Waals surface area contributed by atoms with Gasteiger partial charge in [0, 0.05) is 23.5 Å². The highest BCUT2D eigenvalue weighted by Gasteiger charge is 2.48. The Balaban J connectivity index is 1.78. The maximum atomic E-state index is 14.5. The first kappa shape index (κ1) is 29.3. The fraction of sp³-hybridized carbons (Fsp3) is 0.412. The van der Waals surface area contributed by atoms with E-state index in [2.05, 4.69) is 55.9 Å². The van der Waals surface area contributed by atoms with Crippen molar-refractivity contribution >= 4 is 28.9 Å². The van der Waals surface area contributed by atoms with Gasteiger partial charge in [0.2, 0.25) is 5.91 Å². The van der Waals surface area contributed by atoms with Crippen LogP contribution in [0.2, 0.25) is 0 Å². The standard InChI is InChI=1S/C34H43FN4O/c1-10-13-29(28(35)12-3)37-23(7)32-30(36-20-38(32)21(4)5)16-22(6)25-14-15-27-31(19-25)39(33(40)34(27,8)9)26-17-24(11-2)18-26/h10,12-16,19-21,24,26,37H,3,6,11,17-18H2,1-2,4-5,7-9H3/b13-10-,29-28-,30-16+,32-23-. The third-order valence-electron chi connectivity index (χ3n) is 8.34. The molecule has 0 radical (unpaired) electrons. The van der Waals surface area contributed by atoms with Gasteiger partial charge in [0.05, 0.1) is 28.1 Å². The predicted molar refractivity (Wildman–Crippen MR) is 164 cm³/mol. The lowest BCUT2D eigenvalue weighted by Gasteiger charge is -2.41. The van der Waals surface area contributed by atoms with Crippen LogP contribution >= 0.6 is 0 Å². The number of aromatic nitrogens is 2. The molecule has 1 aliphatic heterocycles. The van der Waals surface area contributed by atoms with Crippen molar-refractivity contribution in [2.45, 2.75) is 85.2 Å². The molecule has 4 rings (SSSR count). The normalized spacial score (nSPS) is 21.9. The van der Waals surface area contributed by atoms with Crippen molar-refractivity contribution in [1.82, 2.24) is 14.9 Å². The Hall–Kier alpha value is -3.67. The van der Waals surface area contributed by atoms with Gasteiger partial charge in [0.1, 0.15) is 5.83 Å². The second-order valence-corrected chi connectivity index (χ2v) is 11.8. The number of nitrogens with one attached hydrogen (secondary N) is 1. The average molecular weight is 543 g/mol. The number of hydrogen-bond acceptors (Lipinski definition) is 3. The van der Waals surface area contributed by atoms with E-state index >= 15 is 0 Å². The summed E-state index contributed by atoms with van der Waals surface area (Å²) in [5, 5.41) is 4.81. The van der Waals surface area contributed by atoms with Gasteiger partial charge in [-0.25, -0.2) is 9.37 Å². The minimum absolute atomic E-state index is 0.143. The summed E-state index contributed by atoms with van der Waals surface area (Å²) in [4.78, 5) is 20.3. The fourth-order valence-electron chi connectivity index (χ4n) is 5.82. The largest absolute Gasteiger partial charge is 0.355 e. The molecule has 1 N–H and O–H groups in total. The monoisotopic (exact) mass is 542 g/mol. The lowest BCUT2D eigenvalue weighted by Crippen LogP contribution is -2.49. The van der Waals surface area contributed by atoms with E-state index < -0.39 is 11.2 Å². The first-order chi connectivity index (χ1) is 18.9. The number of hydrogen-bond donors (Lipinski definition) is 1. The molecular weight excluding hydrogens is 499 g/mol. The van der Waals surface area contributed by atoms with E-state index in [1.807, 2.05) is 44.7 Å². The van der Waals surface area contributed by atoms with E-state index in [9.17, 15) is 9.18 Å². The van der Waals surface area contributed by atoms with Crippen molar-refractivity contribution in [2.75, 3.05) is 4.90 Å². The molecule has 6 heteroatoms. The summed E-state index contributed by atoms with van der Waals surface area (Å²) in [5.41, 5.74) is 4.37. The molecule has 2 aromatic rings. The van der Waals surface area contributed by atoms with Gasteiger partial charge in [-0.05, 0) is 101 Å². The number of anilines is 1.